The summed E-state index contributed by atoms with van der Waals surface area (Å²) in [6.07, 6.45) is 1.52. The maximum Gasteiger partial charge on any atom is 0.155 e. The Morgan fingerprint density at radius 1 is 0.724 bits per heavy atom. The molecular weight excluding hydrogens is 376 g/mol. The number of hydrogen-bond acceptors (Lipinski definition) is 2. The van der Waals surface area contributed by atoms with Gasteiger partial charge in [0.25, 0.3) is 0 Å². The molecule has 0 fully saturated rings. The highest BCUT2D eigenvalue weighted by Crippen LogP contribution is 2.27. The van der Waals surface area contributed by atoms with E-state index in [1.54, 1.807) is 0 Å². The summed E-state index contributed by atoms with van der Waals surface area (Å²) in [7, 11) is 0. The van der Waals surface area contributed by atoms with Crippen molar-refractivity contribution in [1.82, 2.24) is 0 Å². The summed E-state index contributed by atoms with van der Waals surface area (Å²) in [6.45, 7) is 17.4. The van der Waals surface area contributed by atoms with Gasteiger partial charge in [-0.15, -0.1) is 0 Å². The summed E-state index contributed by atoms with van der Waals surface area (Å²) < 4.78 is 0. The van der Waals surface area contributed by atoms with E-state index >= 15 is 0 Å². The largest absolute Gasteiger partial charge is 0.189 e. The third kappa shape index (κ3) is 7.59. The maximum atomic E-state index is 6.66. The lowest BCUT2D eigenvalue weighted by atomic mass is 9.86. The number of nitrogens with zero attached hydrogens (tertiary/aromatic N) is 2. The lowest BCUT2D eigenvalue weighted by Crippen LogP contribution is -2.18. The monoisotopic (exact) mass is 412 g/mol. The Balaban J connectivity index is 1.96. The van der Waals surface area contributed by atoms with Crippen LogP contribution in [0.2, 0.25) is 0 Å². The molecule has 0 bridgehead atoms. The number of benzene rings is 2. The summed E-state index contributed by atoms with van der Waals surface area (Å²) in [5.74, 6) is 0. The lowest BCUT2D eigenvalue weighted by Gasteiger charge is -2.21. The van der Waals surface area contributed by atoms with Crippen LogP contribution in [0.25, 0.3) is 0 Å². The average Bonchev–Trinajstić information content (AvgIpc) is 2.59. The van der Waals surface area contributed by atoms with Crippen LogP contribution in [0.15, 0.2) is 58.8 Å². The van der Waals surface area contributed by atoms with Gasteiger partial charge in [-0.25, -0.2) is 0 Å². The Labute approximate surface area is 182 Å². The van der Waals surface area contributed by atoms with Gasteiger partial charge >= 0.3 is 0 Å². The zero-order chi connectivity index (χ0) is 21.9. The van der Waals surface area contributed by atoms with Crippen molar-refractivity contribution in [2.24, 2.45) is 10.2 Å². The van der Waals surface area contributed by atoms with E-state index in [0.29, 0.717) is 6.42 Å². The molecule has 2 aromatic rings. The van der Waals surface area contributed by atoms with Crippen molar-refractivity contribution in [3.05, 3.63) is 70.8 Å². The Morgan fingerprint density at radius 2 is 1.14 bits per heavy atom. The fourth-order valence-electron chi connectivity index (χ4n) is 3.27. The predicted octanol–water partition coefficient (Wildman–Crippen LogP) is 7.86. The Kier molecular flexibility index (Phi) is 7.32. The zero-order valence-corrected chi connectivity index (χ0v) is 20.1. The highest BCUT2D eigenvalue weighted by Gasteiger charge is 2.22. The summed E-state index contributed by atoms with van der Waals surface area (Å²) in [6, 6.07) is 17.6. The summed E-state index contributed by atoms with van der Waals surface area (Å²) >= 11 is 6.66. The standard InChI is InChI=1S/C26H37ClN2/c1-19(17-20-9-13-22(14-10-20)24(2,3)4)28-29-26(8,27)18-21-11-15-23(16-12-21)25(5,6)7/h9-16,19H,17-18H2,1-8H3. The van der Waals surface area contributed by atoms with Crippen LogP contribution in [0.5, 0.6) is 0 Å². The van der Waals surface area contributed by atoms with Crippen LogP contribution in [0, 0.1) is 0 Å². The molecule has 0 aliphatic carbocycles. The van der Waals surface area contributed by atoms with Crippen molar-refractivity contribution < 1.29 is 0 Å². The summed E-state index contributed by atoms with van der Waals surface area (Å²) in [5, 5.41) is 8.97. The van der Waals surface area contributed by atoms with E-state index in [1.165, 1.54) is 22.3 Å². The lowest BCUT2D eigenvalue weighted by molar-refractivity contribution is 0.567. The molecule has 0 aliphatic heterocycles. The Morgan fingerprint density at radius 3 is 1.55 bits per heavy atom. The van der Waals surface area contributed by atoms with E-state index in [4.69, 9.17) is 11.6 Å². The van der Waals surface area contributed by atoms with Crippen molar-refractivity contribution in [3.8, 4) is 0 Å². The van der Waals surface area contributed by atoms with Crippen LogP contribution in [-0.4, -0.2) is 11.0 Å². The first-order valence-corrected chi connectivity index (χ1v) is 10.9. The maximum absolute atomic E-state index is 6.66. The van der Waals surface area contributed by atoms with Gasteiger partial charge in [0.05, 0.1) is 6.04 Å². The van der Waals surface area contributed by atoms with Crippen LogP contribution in [-0.2, 0) is 23.7 Å². The molecule has 2 unspecified atom stereocenters. The number of alkyl halides is 1. The molecular formula is C26H37ClN2. The topological polar surface area (TPSA) is 24.7 Å². The third-order valence-corrected chi connectivity index (χ3v) is 5.37. The smallest absolute Gasteiger partial charge is 0.155 e. The molecule has 0 aromatic heterocycles. The Bertz CT molecular complexity index is 804. The zero-order valence-electron chi connectivity index (χ0n) is 19.4. The van der Waals surface area contributed by atoms with Crippen LogP contribution in [0.3, 0.4) is 0 Å². The fraction of sp³-hybridized carbons (Fsp3) is 0.538. The second-order valence-electron chi connectivity index (χ2n) is 10.5. The normalized spacial score (nSPS) is 16.0. The molecule has 0 spiro atoms. The van der Waals surface area contributed by atoms with Gasteiger partial charge in [-0.2, -0.15) is 10.2 Å². The van der Waals surface area contributed by atoms with Crippen molar-refractivity contribution in [2.45, 2.75) is 90.1 Å². The van der Waals surface area contributed by atoms with E-state index in [-0.39, 0.29) is 16.9 Å². The highest BCUT2D eigenvalue weighted by molar-refractivity contribution is 6.23. The van der Waals surface area contributed by atoms with Gasteiger partial charge in [0.1, 0.15) is 0 Å². The molecule has 0 saturated carbocycles. The van der Waals surface area contributed by atoms with Gasteiger partial charge < -0.3 is 0 Å². The molecule has 2 nitrogen and oxygen atoms in total. The van der Waals surface area contributed by atoms with Gasteiger partial charge in [0.15, 0.2) is 5.00 Å². The quantitative estimate of drug-likeness (QED) is 0.262. The molecule has 3 heteroatoms. The number of halogens is 1. The molecule has 0 heterocycles. The van der Waals surface area contributed by atoms with Gasteiger partial charge in [0.2, 0.25) is 0 Å². The molecule has 29 heavy (non-hydrogen) atoms. The highest BCUT2D eigenvalue weighted by atomic mass is 35.5. The van der Waals surface area contributed by atoms with E-state index in [0.717, 1.165) is 6.42 Å². The van der Waals surface area contributed by atoms with Crippen LogP contribution >= 0.6 is 11.6 Å². The van der Waals surface area contributed by atoms with Gasteiger partial charge in [0, 0.05) is 6.42 Å². The van der Waals surface area contributed by atoms with Gasteiger partial charge in [-0.05, 0) is 53.4 Å². The number of hydrogen-bond donors (Lipinski definition) is 0. The van der Waals surface area contributed by atoms with E-state index < -0.39 is 5.00 Å². The fourth-order valence-corrected chi connectivity index (χ4v) is 3.47. The minimum Gasteiger partial charge on any atom is -0.189 e. The third-order valence-electron chi connectivity index (χ3n) is 5.16. The van der Waals surface area contributed by atoms with Gasteiger partial charge in [-0.3, -0.25) is 0 Å². The van der Waals surface area contributed by atoms with Crippen LogP contribution in [0.4, 0.5) is 0 Å². The summed E-state index contributed by atoms with van der Waals surface area (Å²) in [5.41, 5.74) is 5.46. The first-order chi connectivity index (χ1) is 13.3. The molecule has 0 saturated heterocycles. The average molecular weight is 413 g/mol. The molecule has 0 aliphatic rings. The molecule has 158 valence electrons. The molecule has 0 amide bonds. The van der Waals surface area contributed by atoms with E-state index in [9.17, 15) is 0 Å². The second kappa shape index (κ2) is 9.00. The van der Waals surface area contributed by atoms with Crippen LogP contribution < -0.4 is 0 Å². The molecule has 0 N–H and O–H groups in total. The Hall–Kier alpha value is -1.67. The molecule has 0 radical (unpaired) electrons. The molecule has 2 rings (SSSR count). The first kappa shape index (κ1) is 23.6. The second-order valence-corrected chi connectivity index (χ2v) is 11.3. The van der Waals surface area contributed by atoms with Crippen molar-refractivity contribution >= 4 is 11.6 Å². The minimum absolute atomic E-state index is 0.0943. The number of azo groups is 1. The SMILES string of the molecule is CC(Cc1ccc(C(C)(C)C)cc1)N=NC(C)(Cl)Cc1ccc(C(C)(C)C)cc1. The van der Waals surface area contributed by atoms with Gasteiger partial charge in [-0.1, -0.05) is 102 Å². The molecule has 2 aromatic carbocycles. The van der Waals surface area contributed by atoms with E-state index in [1.807, 2.05) is 6.92 Å². The number of rotatable bonds is 6. The van der Waals surface area contributed by atoms with Crippen molar-refractivity contribution in [1.29, 1.82) is 0 Å². The van der Waals surface area contributed by atoms with E-state index in [2.05, 4.69) is 107 Å². The van der Waals surface area contributed by atoms with Crippen molar-refractivity contribution in [2.75, 3.05) is 0 Å². The summed E-state index contributed by atoms with van der Waals surface area (Å²) in [4.78, 5) is -0.729. The first-order valence-electron chi connectivity index (χ1n) is 10.6. The minimum atomic E-state index is -0.729. The predicted molar refractivity (Wildman–Crippen MR) is 126 cm³/mol. The van der Waals surface area contributed by atoms with Crippen LogP contribution in [0.1, 0.15) is 77.6 Å². The molecule has 2 atom stereocenters. The van der Waals surface area contributed by atoms with Crippen molar-refractivity contribution in [3.63, 3.8) is 0 Å².